The fourth-order valence-electron chi connectivity index (χ4n) is 1.87. The smallest absolute Gasteiger partial charge is 0.371 e. The Hall–Kier alpha value is -1.57. The minimum Gasteiger partial charge on any atom is -0.405 e. The Bertz CT molecular complexity index is 587. The molecule has 1 aromatic heterocycles. The molecule has 1 aliphatic rings. The first kappa shape index (κ1) is 13.9. The van der Waals surface area contributed by atoms with E-state index in [2.05, 4.69) is 9.50 Å². The second kappa shape index (κ2) is 5.20. The molecule has 106 valence electrons. The molecule has 19 heavy (non-hydrogen) atoms. The predicted octanol–water partition coefficient (Wildman–Crippen LogP) is 1.02. The largest absolute Gasteiger partial charge is 0.405 e. The third kappa shape index (κ3) is 2.58. The lowest BCUT2D eigenvalue weighted by Gasteiger charge is -2.24. The van der Waals surface area contributed by atoms with E-state index in [1.807, 2.05) is 20.8 Å². The van der Waals surface area contributed by atoms with E-state index in [1.54, 1.807) is 11.0 Å². The summed E-state index contributed by atoms with van der Waals surface area (Å²) >= 11 is 0. The van der Waals surface area contributed by atoms with Gasteiger partial charge in [-0.25, -0.2) is 0 Å². The van der Waals surface area contributed by atoms with Gasteiger partial charge in [0.2, 0.25) is 5.88 Å². The van der Waals surface area contributed by atoms with Gasteiger partial charge < -0.3 is 9.64 Å². The molecule has 0 saturated heterocycles. The molecule has 2 rings (SSSR count). The van der Waals surface area contributed by atoms with Gasteiger partial charge in [0.25, 0.3) is 0 Å². The second-order valence-electron chi connectivity index (χ2n) is 4.19. The molecular formula is C11H18N4O3S. The molecule has 0 radical (unpaired) electrons. The summed E-state index contributed by atoms with van der Waals surface area (Å²) in [5.41, 5.74) is 0.692. The highest BCUT2D eigenvalue weighted by molar-refractivity contribution is 7.88. The number of nitrogens with zero attached hydrogens (tertiary/aromatic N) is 4. The van der Waals surface area contributed by atoms with Crippen molar-refractivity contribution in [2.24, 2.45) is 4.40 Å². The van der Waals surface area contributed by atoms with Crippen molar-refractivity contribution in [2.45, 2.75) is 33.6 Å². The van der Waals surface area contributed by atoms with E-state index < -0.39 is 10.2 Å². The van der Waals surface area contributed by atoms with Crippen LogP contribution >= 0.6 is 0 Å². The Kier molecular flexibility index (Phi) is 3.79. The van der Waals surface area contributed by atoms with Gasteiger partial charge in [-0.15, -0.1) is 4.09 Å². The second-order valence-corrected chi connectivity index (χ2v) is 5.62. The highest BCUT2D eigenvalue weighted by Crippen LogP contribution is 2.23. The molecule has 8 heteroatoms. The van der Waals surface area contributed by atoms with Gasteiger partial charge in [-0.1, -0.05) is 17.7 Å². The molecule has 7 nitrogen and oxygen atoms in total. The zero-order chi connectivity index (χ0) is 14.0. The van der Waals surface area contributed by atoms with Crippen molar-refractivity contribution < 1.29 is 13.2 Å². The zero-order valence-corrected chi connectivity index (χ0v) is 12.1. The van der Waals surface area contributed by atoms with E-state index >= 15 is 0 Å². The highest BCUT2D eigenvalue weighted by Gasteiger charge is 2.29. The monoisotopic (exact) mass is 286 g/mol. The number of aromatic nitrogens is 2. The third-order valence-electron chi connectivity index (χ3n) is 2.85. The van der Waals surface area contributed by atoms with Crippen molar-refractivity contribution >= 4 is 16.2 Å². The van der Waals surface area contributed by atoms with E-state index in [0.29, 0.717) is 25.2 Å². The Morgan fingerprint density at radius 2 is 2.00 bits per heavy atom. The summed E-state index contributed by atoms with van der Waals surface area (Å²) in [4.78, 5) is 1.74. The number of hydrogen-bond acceptors (Lipinski definition) is 5. The van der Waals surface area contributed by atoms with E-state index in [9.17, 15) is 8.42 Å². The predicted molar refractivity (Wildman–Crippen MR) is 71.5 cm³/mol. The average molecular weight is 286 g/mol. The number of amidine groups is 1. The highest BCUT2D eigenvalue weighted by atomic mass is 32.2. The van der Waals surface area contributed by atoms with Crippen LogP contribution in [0.3, 0.4) is 0 Å². The number of fused-ring (bicyclic) bond motifs is 1. The van der Waals surface area contributed by atoms with E-state index in [-0.39, 0.29) is 11.9 Å². The van der Waals surface area contributed by atoms with Gasteiger partial charge >= 0.3 is 16.2 Å². The molecule has 0 bridgehead atoms. The van der Waals surface area contributed by atoms with Gasteiger partial charge in [0.15, 0.2) is 0 Å². The van der Waals surface area contributed by atoms with Gasteiger partial charge in [0.05, 0.1) is 5.69 Å². The quantitative estimate of drug-likeness (QED) is 0.826. The minimum absolute atomic E-state index is 0.112. The Labute approximate surface area is 113 Å². The molecule has 0 amide bonds. The number of aryl methyl sites for hydroxylation is 1. The first-order valence-electron chi connectivity index (χ1n) is 6.39. The molecule has 2 heterocycles. The first-order chi connectivity index (χ1) is 9.01. The lowest BCUT2D eigenvalue weighted by Crippen LogP contribution is -2.39. The van der Waals surface area contributed by atoms with Crippen LogP contribution in [-0.4, -0.2) is 41.6 Å². The van der Waals surface area contributed by atoms with Crippen molar-refractivity contribution in [1.29, 1.82) is 0 Å². The van der Waals surface area contributed by atoms with Crippen LogP contribution in [0.2, 0.25) is 0 Å². The van der Waals surface area contributed by atoms with Crippen molar-refractivity contribution in [3.63, 3.8) is 0 Å². The summed E-state index contributed by atoms with van der Waals surface area (Å²) < 4.78 is 34.1. The molecule has 0 unspecified atom stereocenters. The maximum Gasteiger partial charge on any atom is 0.371 e. The first-order valence-corrected chi connectivity index (χ1v) is 7.78. The summed E-state index contributed by atoms with van der Waals surface area (Å²) in [6.07, 6.45) is 1.60. The lowest BCUT2D eigenvalue weighted by atomic mass is 10.3. The average Bonchev–Trinajstić information content (AvgIpc) is 2.74. The minimum atomic E-state index is -3.83. The van der Waals surface area contributed by atoms with Crippen molar-refractivity contribution in [3.8, 4) is 5.88 Å². The number of hydrogen-bond donors (Lipinski definition) is 0. The molecule has 0 spiro atoms. The van der Waals surface area contributed by atoms with Crippen molar-refractivity contribution in [1.82, 2.24) is 14.1 Å². The fourth-order valence-corrected chi connectivity index (χ4v) is 2.82. The van der Waals surface area contributed by atoms with Crippen LogP contribution < -0.4 is 4.74 Å². The van der Waals surface area contributed by atoms with Crippen molar-refractivity contribution in [2.75, 3.05) is 13.1 Å². The summed E-state index contributed by atoms with van der Waals surface area (Å²) in [5.74, 6) is 0.209. The van der Waals surface area contributed by atoms with Crippen LogP contribution in [0, 0.1) is 0 Å². The summed E-state index contributed by atoms with van der Waals surface area (Å²) in [6, 6.07) is 1.76. The topological polar surface area (TPSA) is 76.8 Å². The van der Waals surface area contributed by atoms with E-state index in [0.717, 1.165) is 10.5 Å². The van der Waals surface area contributed by atoms with Crippen LogP contribution in [0.5, 0.6) is 5.88 Å². The zero-order valence-electron chi connectivity index (χ0n) is 11.3. The normalized spacial score (nSPS) is 16.5. The summed E-state index contributed by atoms with van der Waals surface area (Å²) in [6.45, 7) is 7.08. The van der Waals surface area contributed by atoms with Crippen molar-refractivity contribution in [3.05, 3.63) is 11.8 Å². The molecular weight excluding hydrogens is 268 g/mol. The molecule has 0 aliphatic carbocycles. The van der Waals surface area contributed by atoms with Gasteiger partial charge in [0, 0.05) is 19.2 Å². The van der Waals surface area contributed by atoms with Crippen LogP contribution in [0.25, 0.3) is 0 Å². The Balaban J connectivity index is 2.40. The van der Waals surface area contributed by atoms with Gasteiger partial charge in [0.1, 0.15) is 0 Å². The van der Waals surface area contributed by atoms with Crippen LogP contribution in [0.4, 0.5) is 0 Å². The maximum absolute atomic E-state index is 12.0. The summed E-state index contributed by atoms with van der Waals surface area (Å²) in [7, 11) is -3.83. The van der Waals surface area contributed by atoms with Gasteiger partial charge in [-0.3, -0.25) is 0 Å². The molecule has 0 N–H and O–H groups in total. The lowest BCUT2D eigenvalue weighted by molar-refractivity contribution is 0.350. The molecule has 0 saturated carbocycles. The molecule has 0 fully saturated rings. The molecule has 1 aromatic rings. The number of ether oxygens (including phenoxy) is 1. The maximum atomic E-state index is 12.0. The Morgan fingerprint density at radius 1 is 1.32 bits per heavy atom. The molecule has 1 aliphatic heterocycles. The standard InChI is InChI=1S/C11H18N4O3S/c1-4-7-9-8-10-15(12-9)19(16,17)13-11(18-10)14(5-2)6-3/h8H,4-7H2,1-3H3. The van der Waals surface area contributed by atoms with Gasteiger partial charge in [-0.2, -0.15) is 13.5 Å². The van der Waals surface area contributed by atoms with Crippen LogP contribution in [0.1, 0.15) is 32.9 Å². The molecule has 0 aromatic carbocycles. The fraction of sp³-hybridized carbons (Fsp3) is 0.636. The Morgan fingerprint density at radius 3 is 2.58 bits per heavy atom. The van der Waals surface area contributed by atoms with Gasteiger partial charge in [-0.05, 0) is 20.3 Å². The summed E-state index contributed by atoms with van der Waals surface area (Å²) in [5, 5.41) is 4.02. The van der Waals surface area contributed by atoms with E-state index in [4.69, 9.17) is 4.74 Å². The van der Waals surface area contributed by atoms with E-state index in [1.165, 1.54) is 0 Å². The molecule has 0 atom stereocenters. The SMILES string of the molecule is CCCc1cc2n(n1)S(=O)(=O)N=C(N(CC)CC)O2. The van der Waals surface area contributed by atoms with Crippen LogP contribution in [0.15, 0.2) is 10.5 Å². The number of rotatable bonds is 4. The van der Waals surface area contributed by atoms with Crippen LogP contribution in [-0.2, 0) is 16.6 Å². The third-order valence-corrected chi connectivity index (χ3v) is 3.93.